The Morgan fingerprint density at radius 3 is 2.53 bits per heavy atom. The minimum Gasteiger partial charge on any atom is -0.388 e. The number of anilines is 1. The molecular formula is C25H37ClN4O2. The minimum atomic E-state index is -0.850. The molecule has 1 fully saturated rings. The van der Waals surface area contributed by atoms with E-state index in [1.807, 2.05) is 26.0 Å². The van der Waals surface area contributed by atoms with Crippen LogP contribution in [0.15, 0.2) is 18.2 Å². The van der Waals surface area contributed by atoms with Crippen LogP contribution in [0.25, 0.3) is 11.3 Å². The van der Waals surface area contributed by atoms with E-state index in [4.69, 9.17) is 11.6 Å². The van der Waals surface area contributed by atoms with Crippen molar-refractivity contribution in [3.8, 4) is 11.3 Å². The monoisotopic (exact) mass is 460 g/mol. The van der Waals surface area contributed by atoms with Crippen molar-refractivity contribution in [1.82, 2.24) is 15.1 Å². The Kier molecular flexibility index (Phi) is 7.25. The van der Waals surface area contributed by atoms with Gasteiger partial charge in [0, 0.05) is 29.9 Å². The number of halogens is 1. The normalized spacial score (nSPS) is 21.4. The fourth-order valence-electron chi connectivity index (χ4n) is 4.32. The van der Waals surface area contributed by atoms with Gasteiger partial charge in [-0.2, -0.15) is 5.10 Å². The number of carbonyl (C=O) groups is 1. The molecule has 1 aliphatic rings. The Morgan fingerprint density at radius 1 is 1.31 bits per heavy atom. The van der Waals surface area contributed by atoms with Crippen LogP contribution in [0, 0.1) is 12.8 Å². The standard InChI is InChI=1S/C25H37ClN4O2/c1-7-30-22(19-9-8-18(14-17(19)3)28-24(4,5)6)20(26)21(29-30)23(31)27-15-25(32)12-10-16(2)11-13-25/h8-9,14,16,28,32H,7,10-13,15H2,1-6H3,(H,27,31). The number of hydrogen-bond donors (Lipinski definition) is 3. The highest BCUT2D eigenvalue weighted by atomic mass is 35.5. The molecule has 7 heteroatoms. The van der Waals surface area contributed by atoms with Crippen molar-refractivity contribution in [2.24, 2.45) is 5.92 Å². The van der Waals surface area contributed by atoms with Crippen LogP contribution in [0.5, 0.6) is 0 Å². The third-order valence-corrected chi connectivity index (χ3v) is 6.55. The lowest BCUT2D eigenvalue weighted by Crippen LogP contribution is -2.45. The van der Waals surface area contributed by atoms with E-state index in [0.29, 0.717) is 30.3 Å². The van der Waals surface area contributed by atoms with Gasteiger partial charge in [-0.15, -0.1) is 0 Å². The molecule has 0 spiro atoms. The van der Waals surface area contributed by atoms with E-state index in [2.05, 4.69) is 49.5 Å². The van der Waals surface area contributed by atoms with Gasteiger partial charge in [0.25, 0.3) is 5.91 Å². The van der Waals surface area contributed by atoms with E-state index < -0.39 is 5.60 Å². The van der Waals surface area contributed by atoms with Crippen LogP contribution in [0.4, 0.5) is 5.69 Å². The van der Waals surface area contributed by atoms with Crippen LogP contribution >= 0.6 is 11.6 Å². The lowest BCUT2D eigenvalue weighted by molar-refractivity contribution is -0.00544. The zero-order valence-electron chi connectivity index (χ0n) is 20.2. The molecule has 32 heavy (non-hydrogen) atoms. The number of aryl methyl sites for hydroxylation is 2. The van der Waals surface area contributed by atoms with Crippen LogP contribution in [0.2, 0.25) is 5.02 Å². The molecule has 1 aromatic carbocycles. The van der Waals surface area contributed by atoms with Gasteiger partial charge in [0.1, 0.15) is 0 Å². The van der Waals surface area contributed by atoms with E-state index in [-0.39, 0.29) is 23.7 Å². The summed E-state index contributed by atoms with van der Waals surface area (Å²) in [4.78, 5) is 12.9. The second kappa shape index (κ2) is 9.44. The molecule has 2 aromatic rings. The predicted molar refractivity (Wildman–Crippen MR) is 131 cm³/mol. The van der Waals surface area contributed by atoms with Gasteiger partial charge in [-0.1, -0.05) is 24.6 Å². The molecule has 1 heterocycles. The van der Waals surface area contributed by atoms with Crippen LogP contribution in [-0.4, -0.2) is 38.5 Å². The summed E-state index contributed by atoms with van der Waals surface area (Å²) in [7, 11) is 0. The molecule has 0 atom stereocenters. The summed E-state index contributed by atoms with van der Waals surface area (Å²) < 4.78 is 1.77. The topological polar surface area (TPSA) is 79.2 Å². The summed E-state index contributed by atoms with van der Waals surface area (Å²) in [5.74, 6) is 0.274. The number of aromatic nitrogens is 2. The summed E-state index contributed by atoms with van der Waals surface area (Å²) >= 11 is 6.71. The average Bonchev–Trinajstić information content (AvgIpc) is 3.04. The third-order valence-electron chi connectivity index (χ3n) is 6.19. The molecule has 1 amide bonds. The van der Waals surface area contributed by atoms with Crippen molar-refractivity contribution in [2.75, 3.05) is 11.9 Å². The highest BCUT2D eigenvalue weighted by Gasteiger charge is 2.33. The highest BCUT2D eigenvalue weighted by molar-refractivity contribution is 6.36. The number of hydrogen-bond acceptors (Lipinski definition) is 4. The number of nitrogens with zero attached hydrogens (tertiary/aromatic N) is 2. The molecule has 3 rings (SSSR count). The largest absolute Gasteiger partial charge is 0.388 e. The quantitative estimate of drug-likeness (QED) is 0.538. The summed E-state index contributed by atoms with van der Waals surface area (Å²) in [6.45, 7) is 13.4. The first-order valence-corrected chi connectivity index (χ1v) is 12.0. The zero-order chi connectivity index (χ0) is 23.7. The van der Waals surface area contributed by atoms with Crippen molar-refractivity contribution in [3.63, 3.8) is 0 Å². The first-order chi connectivity index (χ1) is 14.9. The van der Waals surface area contributed by atoms with E-state index in [9.17, 15) is 9.90 Å². The van der Waals surface area contributed by atoms with Gasteiger partial charge in [0.15, 0.2) is 5.69 Å². The van der Waals surface area contributed by atoms with Crippen molar-refractivity contribution >= 4 is 23.2 Å². The lowest BCUT2D eigenvalue weighted by Gasteiger charge is -2.34. The number of benzene rings is 1. The SMILES string of the molecule is CCn1nc(C(=O)NCC2(O)CCC(C)CC2)c(Cl)c1-c1ccc(NC(C)(C)C)cc1C. The number of nitrogens with one attached hydrogen (secondary N) is 2. The van der Waals surface area contributed by atoms with Crippen LogP contribution in [-0.2, 0) is 6.54 Å². The number of carbonyl (C=O) groups excluding carboxylic acids is 1. The van der Waals surface area contributed by atoms with Crippen LogP contribution in [0.1, 0.15) is 76.4 Å². The van der Waals surface area contributed by atoms with E-state index in [0.717, 1.165) is 35.3 Å². The number of amides is 1. The van der Waals surface area contributed by atoms with E-state index in [1.165, 1.54) is 0 Å². The fourth-order valence-corrected chi connectivity index (χ4v) is 4.64. The predicted octanol–water partition coefficient (Wildman–Crippen LogP) is 5.41. The average molecular weight is 461 g/mol. The number of rotatable bonds is 6. The maximum Gasteiger partial charge on any atom is 0.273 e. The molecule has 0 bridgehead atoms. The molecule has 1 saturated carbocycles. The summed E-state index contributed by atoms with van der Waals surface area (Å²) in [5, 5.41) is 22.0. The Labute approximate surface area is 196 Å². The second-order valence-corrected chi connectivity index (χ2v) is 10.7. The van der Waals surface area contributed by atoms with Crippen molar-refractivity contribution in [3.05, 3.63) is 34.5 Å². The molecule has 0 saturated heterocycles. The second-order valence-electron chi connectivity index (χ2n) is 10.3. The van der Waals surface area contributed by atoms with Gasteiger partial charge >= 0.3 is 0 Å². The fraction of sp³-hybridized carbons (Fsp3) is 0.600. The van der Waals surface area contributed by atoms with Gasteiger partial charge in [-0.05, 0) is 83.9 Å². The maximum atomic E-state index is 12.9. The smallest absolute Gasteiger partial charge is 0.273 e. The zero-order valence-corrected chi connectivity index (χ0v) is 20.9. The maximum absolute atomic E-state index is 12.9. The molecule has 0 radical (unpaired) electrons. The van der Waals surface area contributed by atoms with Crippen molar-refractivity contribution in [2.45, 2.75) is 84.9 Å². The van der Waals surface area contributed by atoms with Gasteiger partial charge in [-0.25, -0.2) is 0 Å². The minimum absolute atomic E-state index is 0.0392. The first-order valence-electron chi connectivity index (χ1n) is 11.6. The molecule has 176 valence electrons. The number of aliphatic hydroxyl groups is 1. The van der Waals surface area contributed by atoms with Crippen molar-refractivity contribution in [1.29, 1.82) is 0 Å². The molecule has 1 aliphatic carbocycles. The van der Waals surface area contributed by atoms with Gasteiger partial charge in [0.2, 0.25) is 0 Å². The van der Waals surface area contributed by atoms with Crippen LogP contribution < -0.4 is 10.6 Å². The Hall–Kier alpha value is -2.05. The Bertz CT molecular complexity index is 969. The summed E-state index contributed by atoms with van der Waals surface area (Å²) in [5.41, 5.74) is 3.08. The highest BCUT2D eigenvalue weighted by Crippen LogP contribution is 2.35. The van der Waals surface area contributed by atoms with Crippen LogP contribution in [0.3, 0.4) is 0 Å². The molecule has 1 aromatic heterocycles. The summed E-state index contributed by atoms with van der Waals surface area (Å²) in [6.07, 6.45) is 3.35. The van der Waals surface area contributed by atoms with Gasteiger partial charge in [0.05, 0.1) is 16.3 Å². The Balaban J connectivity index is 1.83. The molecule has 6 nitrogen and oxygen atoms in total. The van der Waals surface area contributed by atoms with Gasteiger partial charge in [-0.3, -0.25) is 9.48 Å². The Morgan fingerprint density at radius 2 is 1.97 bits per heavy atom. The lowest BCUT2D eigenvalue weighted by atomic mass is 9.79. The van der Waals surface area contributed by atoms with Crippen molar-refractivity contribution < 1.29 is 9.90 Å². The van der Waals surface area contributed by atoms with E-state index in [1.54, 1.807) is 4.68 Å². The molecular weight excluding hydrogens is 424 g/mol. The molecule has 0 aliphatic heterocycles. The molecule has 3 N–H and O–H groups in total. The van der Waals surface area contributed by atoms with E-state index >= 15 is 0 Å². The first kappa shape index (κ1) is 24.6. The van der Waals surface area contributed by atoms with Gasteiger partial charge < -0.3 is 15.7 Å². The summed E-state index contributed by atoms with van der Waals surface area (Å²) in [6, 6.07) is 6.13. The molecule has 0 unspecified atom stereocenters. The third kappa shape index (κ3) is 5.65.